The Morgan fingerprint density at radius 1 is 1.07 bits per heavy atom. The van der Waals surface area contributed by atoms with E-state index in [4.69, 9.17) is 9.97 Å². The first-order valence-electron chi connectivity index (χ1n) is 10.9. The topological polar surface area (TPSA) is 75.2 Å². The maximum Gasteiger partial charge on any atom is 0.225 e. The molecular weight excluding hydrogens is 352 g/mol. The van der Waals surface area contributed by atoms with Gasteiger partial charge in [-0.2, -0.15) is 0 Å². The van der Waals surface area contributed by atoms with Gasteiger partial charge in [-0.25, -0.2) is 9.97 Å². The van der Waals surface area contributed by atoms with Crippen LogP contribution in [-0.4, -0.2) is 46.3 Å². The van der Waals surface area contributed by atoms with Crippen molar-refractivity contribution in [3.63, 3.8) is 0 Å². The lowest BCUT2D eigenvalue weighted by Gasteiger charge is -2.34. The molecule has 2 fully saturated rings. The molecule has 0 radical (unpaired) electrons. The van der Waals surface area contributed by atoms with Gasteiger partial charge in [-0.05, 0) is 46.0 Å². The van der Waals surface area contributed by atoms with Crippen LogP contribution in [-0.2, 0) is 16.0 Å². The second kappa shape index (κ2) is 9.48. The fourth-order valence-electron chi connectivity index (χ4n) is 4.51. The summed E-state index contributed by atoms with van der Waals surface area (Å²) >= 11 is 0. The number of piperidine rings is 1. The van der Waals surface area contributed by atoms with Crippen LogP contribution in [0.15, 0.2) is 0 Å². The molecule has 1 aromatic rings. The normalized spacial score (nSPS) is 20.4. The van der Waals surface area contributed by atoms with Gasteiger partial charge in [0.2, 0.25) is 11.8 Å². The Bertz CT molecular complexity index is 689. The minimum Gasteiger partial charge on any atom is -0.356 e. The minimum atomic E-state index is 0.0235. The number of carbonyl (C=O) groups is 2. The van der Waals surface area contributed by atoms with Gasteiger partial charge in [0.05, 0.1) is 6.42 Å². The molecule has 0 bridgehead atoms. The molecule has 2 heterocycles. The van der Waals surface area contributed by atoms with E-state index in [1.165, 1.54) is 12.8 Å². The van der Waals surface area contributed by atoms with Gasteiger partial charge >= 0.3 is 0 Å². The Balaban J connectivity index is 1.69. The van der Waals surface area contributed by atoms with Crippen molar-refractivity contribution in [1.82, 2.24) is 20.2 Å². The smallest absolute Gasteiger partial charge is 0.225 e. The summed E-state index contributed by atoms with van der Waals surface area (Å²) < 4.78 is 0. The molecule has 1 N–H and O–H groups in total. The Hall–Kier alpha value is -1.98. The molecule has 1 aromatic heterocycles. The molecule has 28 heavy (non-hydrogen) atoms. The van der Waals surface area contributed by atoms with Gasteiger partial charge in [-0.15, -0.1) is 0 Å². The molecule has 6 heteroatoms. The lowest BCUT2D eigenvalue weighted by Crippen LogP contribution is -2.42. The highest BCUT2D eigenvalue weighted by atomic mass is 16.2. The zero-order valence-corrected chi connectivity index (χ0v) is 17.6. The Kier molecular flexibility index (Phi) is 7.03. The molecule has 1 saturated carbocycles. The molecule has 1 aliphatic carbocycles. The minimum absolute atomic E-state index is 0.0235. The Morgan fingerprint density at radius 2 is 1.75 bits per heavy atom. The van der Waals surface area contributed by atoms with Gasteiger partial charge in [0.25, 0.3) is 0 Å². The van der Waals surface area contributed by atoms with E-state index in [0.717, 1.165) is 68.0 Å². The summed E-state index contributed by atoms with van der Waals surface area (Å²) in [5.74, 6) is 1.61. The van der Waals surface area contributed by atoms with Crippen molar-refractivity contribution in [3.05, 3.63) is 22.8 Å². The van der Waals surface area contributed by atoms with Gasteiger partial charge in [-0.1, -0.05) is 19.8 Å². The van der Waals surface area contributed by atoms with Crippen molar-refractivity contribution in [2.24, 2.45) is 5.92 Å². The van der Waals surface area contributed by atoms with Crippen LogP contribution in [0.2, 0.25) is 0 Å². The monoisotopic (exact) mass is 386 g/mol. The van der Waals surface area contributed by atoms with Crippen LogP contribution in [0.3, 0.4) is 0 Å². The highest BCUT2D eigenvalue weighted by Gasteiger charge is 2.32. The number of hydrogen-bond acceptors (Lipinski definition) is 4. The molecule has 1 atom stereocenters. The van der Waals surface area contributed by atoms with Crippen LogP contribution in [0.1, 0.15) is 80.6 Å². The van der Waals surface area contributed by atoms with Crippen molar-refractivity contribution in [2.75, 3.05) is 19.6 Å². The van der Waals surface area contributed by atoms with Gasteiger partial charge in [0, 0.05) is 48.4 Å². The average Bonchev–Trinajstić information content (AvgIpc) is 3.23. The number of hydrogen-bond donors (Lipinski definition) is 1. The summed E-state index contributed by atoms with van der Waals surface area (Å²) in [5, 5.41) is 2.92. The number of likely N-dealkylation sites (tertiary alicyclic amines) is 1. The quantitative estimate of drug-likeness (QED) is 0.815. The number of carbonyl (C=O) groups excluding carboxylic acids is 2. The third-order valence-corrected chi connectivity index (χ3v) is 6.15. The van der Waals surface area contributed by atoms with E-state index in [2.05, 4.69) is 5.32 Å². The van der Waals surface area contributed by atoms with E-state index in [1.807, 2.05) is 25.7 Å². The molecule has 2 amide bonds. The fraction of sp³-hybridized carbons (Fsp3) is 0.727. The molecule has 154 valence electrons. The summed E-state index contributed by atoms with van der Waals surface area (Å²) in [7, 11) is 0. The largest absolute Gasteiger partial charge is 0.356 e. The maximum absolute atomic E-state index is 12.8. The highest BCUT2D eigenvalue weighted by Crippen LogP contribution is 2.31. The first-order chi connectivity index (χ1) is 13.5. The van der Waals surface area contributed by atoms with Crippen LogP contribution < -0.4 is 5.32 Å². The summed E-state index contributed by atoms with van der Waals surface area (Å²) in [6.45, 7) is 8.25. The van der Waals surface area contributed by atoms with E-state index in [-0.39, 0.29) is 17.7 Å². The Morgan fingerprint density at radius 3 is 2.39 bits per heavy atom. The zero-order chi connectivity index (χ0) is 20.1. The number of rotatable bonds is 6. The molecular formula is C22H34N4O2. The van der Waals surface area contributed by atoms with Gasteiger partial charge < -0.3 is 10.2 Å². The van der Waals surface area contributed by atoms with E-state index in [0.29, 0.717) is 18.9 Å². The van der Waals surface area contributed by atoms with Crippen LogP contribution in [0.25, 0.3) is 0 Å². The molecule has 0 spiro atoms. The zero-order valence-electron chi connectivity index (χ0n) is 17.6. The molecule has 1 aliphatic heterocycles. The third kappa shape index (κ3) is 4.89. The number of nitrogens with one attached hydrogen (secondary N) is 1. The standard InChI is InChI=1S/C22H34N4O2/c1-4-11-23-20(27)13-19-15(2)24-21(25-16(19)3)18-10-7-12-26(14-18)22(28)17-8-5-6-9-17/h17-18H,4-14H2,1-3H3,(H,23,27). The number of amides is 2. The highest BCUT2D eigenvalue weighted by molar-refractivity contribution is 5.79. The van der Waals surface area contributed by atoms with Gasteiger partial charge in [-0.3, -0.25) is 9.59 Å². The lowest BCUT2D eigenvalue weighted by atomic mass is 9.94. The van der Waals surface area contributed by atoms with Gasteiger partial charge in [0.1, 0.15) is 5.82 Å². The Labute approximate surface area is 168 Å². The molecule has 1 saturated heterocycles. The fourth-order valence-corrected chi connectivity index (χ4v) is 4.51. The maximum atomic E-state index is 12.8. The van der Waals surface area contributed by atoms with Crippen LogP contribution in [0.4, 0.5) is 0 Å². The first kappa shape index (κ1) is 20.7. The molecule has 3 rings (SSSR count). The van der Waals surface area contributed by atoms with Crippen LogP contribution >= 0.6 is 0 Å². The summed E-state index contributed by atoms with van der Waals surface area (Å²) in [6, 6.07) is 0. The van der Waals surface area contributed by atoms with E-state index in [1.54, 1.807) is 0 Å². The summed E-state index contributed by atoms with van der Waals surface area (Å²) in [4.78, 5) is 36.5. The van der Waals surface area contributed by atoms with Crippen molar-refractivity contribution < 1.29 is 9.59 Å². The van der Waals surface area contributed by atoms with E-state index in [9.17, 15) is 9.59 Å². The van der Waals surface area contributed by atoms with Crippen LogP contribution in [0.5, 0.6) is 0 Å². The first-order valence-corrected chi connectivity index (χ1v) is 10.9. The number of aryl methyl sites for hydroxylation is 2. The lowest BCUT2D eigenvalue weighted by molar-refractivity contribution is -0.136. The van der Waals surface area contributed by atoms with Crippen molar-refractivity contribution in [3.8, 4) is 0 Å². The predicted octanol–water partition coefficient (Wildman–Crippen LogP) is 3.06. The molecule has 6 nitrogen and oxygen atoms in total. The van der Waals surface area contributed by atoms with Crippen molar-refractivity contribution >= 4 is 11.8 Å². The van der Waals surface area contributed by atoms with E-state index >= 15 is 0 Å². The molecule has 0 aromatic carbocycles. The third-order valence-electron chi connectivity index (χ3n) is 6.15. The van der Waals surface area contributed by atoms with Gasteiger partial charge in [0.15, 0.2) is 0 Å². The van der Waals surface area contributed by atoms with Crippen molar-refractivity contribution in [2.45, 2.75) is 78.1 Å². The summed E-state index contributed by atoms with van der Waals surface area (Å²) in [6.07, 6.45) is 7.74. The molecule has 1 unspecified atom stereocenters. The average molecular weight is 387 g/mol. The molecule has 2 aliphatic rings. The van der Waals surface area contributed by atoms with Crippen LogP contribution in [0, 0.1) is 19.8 Å². The summed E-state index contributed by atoms with van der Waals surface area (Å²) in [5.41, 5.74) is 2.69. The van der Waals surface area contributed by atoms with Crippen molar-refractivity contribution in [1.29, 1.82) is 0 Å². The second-order valence-electron chi connectivity index (χ2n) is 8.36. The predicted molar refractivity (Wildman–Crippen MR) is 109 cm³/mol. The second-order valence-corrected chi connectivity index (χ2v) is 8.36. The van der Waals surface area contributed by atoms with E-state index < -0.39 is 0 Å². The SMILES string of the molecule is CCCNC(=O)Cc1c(C)nc(C2CCCN(C(=O)C3CCCC3)C2)nc1C. The number of nitrogens with zero attached hydrogens (tertiary/aromatic N) is 3. The number of aromatic nitrogens is 2.